The molecule has 136 valence electrons. The average Bonchev–Trinajstić information content (AvgIpc) is 3.17. The van der Waals surface area contributed by atoms with Gasteiger partial charge in [-0.1, -0.05) is 0 Å². The molecule has 3 N–H and O–H groups in total. The maximum absolute atomic E-state index is 12.5. The van der Waals surface area contributed by atoms with E-state index in [0.29, 0.717) is 36.0 Å². The Labute approximate surface area is 154 Å². The van der Waals surface area contributed by atoms with E-state index in [2.05, 4.69) is 20.3 Å². The fourth-order valence-corrected chi connectivity index (χ4v) is 2.86. The number of rotatable bonds is 4. The smallest absolute Gasteiger partial charge is 0.259 e. The number of fused-ring (bicyclic) bond motifs is 3. The number of carbonyl (C=O) groups excluding carboxylic acids is 2. The molecular formula is C18H16N6O3. The van der Waals surface area contributed by atoms with Gasteiger partial charge in [-0.05, 0) is 24.3 Å². The maximum Gasteiger partial charge on any atom is 0.259 e. The highest BCUT2D eigenvalue weighted by atomic mass is 16.5. The van der Waals surface area contributed by atoms with Crippen molar-refractivity contribution in [1.82, 2.24) is 15.2 Å². The highest BCUT2D eigenvalue weighted by Gasteiger charge is 2.30. The van der Waals surface area contributed by atoms with Gasteiger partial charge in [0.05, 0.1) is 17.8 Å². The first-order valence-electron chi connectivity index (χ1n) is 8.29. The van der Waals surface area contributed by atoms with Crippen LogP contribution in [0.1, 0.15) is 15.9 Å². The number of guanidine groups is 1. The number of nitrogens with zero attached hydrogens (tertiary/aromatic N) is 4. The Balaban J connectivity index is 1.64. The van der Waals surface area contributed by atoms with Crippen molar-refractivity contribution in [1.29, 1.82) is 0 Å². The van der Waals surface area contributed by atoms with E-state index in [1.165, 1.54) is 6.20 Å². The van der Waals surface area contributed by atoms with Crippen LogP contribution in [0, 0.1) is 0 Å². The quantitative estimate of drug-likeness (QED) is 0.815. The zero-order chi connectivity index (χ0) is 18.8. The number of pyridine rings is 1. The normalized spacial score (nSPS) is 14.6. The molecule has 0 saturated heterocycles. The summed E-state index contributed by atoms with van der Waals surface area (Å²) in [5, 5.41) is 2.82. The summed E-state index contributed by atoms with van der Waals surface area (Å²) in [6.07, 6.45) is 3.09. The number of carbonyl (C=O) groups is 2. The van der Waals surface area contributed by atoms with Crippen LogP contribution in [0.25, 0.3) is 0 Å². The lowest BCUT2D eigenvalue weighted by atomic mass is 10.1. The van der Waals surface area contributed by atoms with Gasteiger partial charge in [0.2, 0.25) is 5.96 Å². The van der Waals surface area contributed by atoms with Crippen molar-refractivity contribution < 1.29 is 14.3 Å². The molecule has 1 aromatic heterocycles. The monoisotopic (exact) mass is 364 g/mol. The Morgan fingerprint density at radius 1 is 1.30 bits per heavy atom. The van der Waals surface area contributed by atoms with E-state index in [1.54, 1.807) is 30.5 Å². The van der Waals surface area contributed by atoms with Crippen LogP contribution < -0.4 is 15.8 Å². The van der Waals surface area contributed by atoms with Crippen LogP contribution in [-0.4, -0.2) is 53.2 Å². The van der Waals surface area contributed by atoms with Gasteiger partial charge in [-0.15, -0.1) is 0 Å². The number of aliphatic imine (C=N–C) groups is 2. The van der Waals surface area contributed by atoms with Crippen molar-refractivity contribution in [3.05, 3.63) is 53.9 Å². The average molecular weight is 364 g/mol. The van der Waals surface area contributed by atoms with Crippen LogP contribution in [0.4, 0.5) is 5.69 Å². The Kier molecular flexibility index (Phi) is 4.25. The molecule has 4 rings (SSSR count). The van der Waals surface area contributed by atoms with Gasteiger partial charge in [-0.3, -0.25) is 29.8 Å². The second kappa shape index (κ2) is 6.87. The third-order valence-electron chi connectivity index (χ3n) is 4.06. The van der Waals surface area contributed by atoms with E-state index in [-0.39, 0.29) is 12.5 Å². The molecule has 9 heteroatoms. The first-order chi connectivity index (χ1) is 13.1. The van der Waals surface area contributed by atoms with Crippen molar-refractivity contribution in [3.8, 4) is 5.75 Å². The zero-order valence-corrected chi connectivity index (χ0v) is 14.3. The minimum Gasteiger partial charge on any atom is -0.484 e. The highest BCUT2D eigenvalue weighted by molar-refractivity contribution is 6.19. The number of ether oxygens (including phenoxy) is 1. The van der Waals surface area contributed by atoms with E-state index in [1.807, 2.05) is 11.0 Å². The third-order valence-corrected chi connectivity index (χ3v) is 4.06. The standard InChI is InChI=1S/C18H16N6O3/c19-15(25)10-27-12-3-4-13-14(8-12)22-18(24-7-6-21-16(13)24)23-17(26)11-2-1-5-20-9-11/h1-5,8-9H,6-7,10H2,(H2,19,25)(H,22,23,26). The molecule has 0 atom stereocenters. The summed E-state index contributed by atoms with van der Waals surface area (Å²) in [5.74, 6) is 0.716. The SMILES string of the molecule is NC(=O)COc1ccc2c(c1)N=C(NC(=O)c1cccnc1)N1CCN=C21. The number of amidine groups is 1. The zero-order valence-electron chi connectivity index (χ0n) is 14.3. The van der Waals surface area contributed by atoms with Crippen molar-refractivity contribution in [2.24, 2.45) is 15.7 Å². The second-order valence-corrected chi connectivity index (χ2v) is 5.92. The number of nitrogens with two attached hydrogens (primary N) is 1. The van der Waals surface area contributed by atoms with Crippen molar-refractivity contribution in [2.75, 3.05) is 19.7 Å². The van der Waals surface area contributed by atoms with Crippen molar-refractivity contribution >= 4 is 29.3 Å². The molecule has 3 heterocycles. The van der Waals surface area contributed by atoms with Gasteiger partial charge in [-0.2, -0.15) is 0 Å². The lowest BCUT2D eigenvalue weighted by Crippen LogP contribution is -2.47. The van der Waals surface area contributed by atoms with Crippen LogP contribution in [0.15, 0.2) is 52.7 Å². The molecule has 9 nitrogen and oxygen atoms in total. The lowest BCUT2D eigenvalue weighted by Gasteiger charge is -2.27. The summed E-state index contributed by atoms with van der Waals surface area (Å²) in [6, 6.07) is 8.61. The first kappa shape index (κ1) is 16.7. The lowest BCUT2D eigenvalue weighted by molar-refractivity contribution is -0.119. The van der Waals surface area contributed by atoms with E-state index in [0.717, 1.165) is 11.4 Å². The number of amides is 2. The molecule has 0 radical (unpaired) electrons. The van der Waals surface area contributed by atoms with Crippen LogP contribution in [0.5, 0.6) is 5.75 Å². The Morgan fingerprint density at radius 2 is 2.19 bits per heavy atom. The van der Waals surface area contributed by atoms with Crippen LogP contribution >= 0.6 is 0 Å². The molecular weight excluding hydrogens is 348 g/mol. The van der Waals surface area contributed by atoms with Gasteiger partial charge < -0.3 is 10.5 Å². The molecule has 2 aliphatic rings. The predicted octanol–water partition coefficient (Wildman–Crippen LogP) is 0.439. The number of benzene rings is 1. The van der Waals surface area contributed by atoms with Crippen molar-refractivity contribution in [2.45, 2.75) is 0 Å². The molecule has 2 amide bonds. The predicted molar refractivity (Wildman–Crippen MR) is 98.0 cm³/mol. The summed E-state index contributed by atoms with van der Waals surface area (Å²) >= 11 is 0. The first-order valence-corrected chi connectivity index (χ1v) is 8.29. The molecule has 27 heavy (non-hydrogen) atoms. The van der Waals surface area contributed by atoms with Gasteiger partial charge in [0.1, 0.15) is 11.6 Å². The Morgan fingerprint density at radius 3 is 2.96 bits per heavy atom. The van der Waals surface area contributed by atoms with E-state index >= 15 is 0 Å². The summed E-state index contributed by atoms with van der Waals surface area (Å²) in [4.78, 5) is 38.3. The van der Waals surface area contributed by atoms with E-state index in [4.69, 9.17) is 10.5 Å². The van der Waals surface area contributed by atoms with Crippen LogP contribution in [0.2, 0.25) is 0 Å². The number of nitrogens with one attached hydrogen (secondary N) is 1. The van der Waals surface area contributed by atoms with Crippen molar-refractivity contribution in [3.63, 3.8) is 0 Å². The fourth-order valence-electron chi connectivity index (χ4n) is 2.86. The molecule has 0 bridgehead atoms. The highest BCUT2D eigenvalue weighted by Crippen LogP contribution is 2.31. The van der Waals surface area contributed by atoms with Gasteiger partial charge >= 0.3 is 0 Å². The van der Waals surface area contributed by atoms with E-state index in [9.17, 15) is 9.59 Å². The fraction of sp³-hybridized carbons (Fsp3) is 0.167. The summed E-state index contributed by atoms with van der Waals surface area (Å²) in [6.45, 7) is 1.01. The summed E-state index contributed by atoms with van der Waals surface area (Å²) in [5.41, 5.74) is 6.97. The number of hydrogen-bond donors (Lipinski definition) is 2. The second-order valence-electron chi connectivity index (χ2n) is 5.92. The topological polar surface area (TPSA) is 122 Å². The van der Waals surface area contributed by atoms with Gasteiger partial charge in [-0.25, -0.2) is 4.99 Å². The Hall–Kier alpha value is -3.75. The minimum atomic E-state index is -0.563. The molecule has 0 unspecified atom stereocenters. The molecule has 2 aromatic rings. The number of hydrogen-bond acceptors (Lipinski definition) is 7. The molecule has 0 saturated carbocycles. The molecule has 0 aliphatic carbocycles. The summed E-state index contributed by atoms with van der Waals surface area (Å²) in [7, 11) is 0. The summed E-state index contributed by atoms with van der Waals surface area (Å²) < 4.78 is 5.34. The van der Waals surface area contributed by atoms with Gasteiger partial charge in [0, 0.05) is 30.6 Å². The molecule has 0 fully saturated rings. The van der Waals surface area contributed by atoms with Crippen LogP contribution in [0.3, 0.4) is 0 Å². The maximum atomic E-state index is 12.5. The van der Waals surface area contributed by atoms with Crippen LogP contribution in [-0.2, 0) is 4.79 Å². The number of aromatic nitrogens is 1. The minimum absolute atomic E-state index is 0.222. The molecule has 2 aliphatic heterocycles. The largest absolute Gasteiger partial charge is 0.484 e. The van der Waals surface area contributed by atoms with Gasteiger partial charge in [0.25, 0.3) is 11.8 Å². The van der Waals surface area contributed by atoms with E-state index < -0.39 is 5.91 Å². The number of primary amides is 1. The van der Waals surface area contributed by atoms with Gasteiger partial charge in [0.15, 0.2) is 6.61 Å². The molecule has 0 spiro atoms. The molecule has 1 aromatic carbocycles. The third kappa shape index (κ3) is 3.34. The Bertz CT molecular complexity index is 970.